The van der Waals surface area contributed by atoms with E-state index in [4.69, 9.17) is 14.2 Å². The van der Waals surface area contributed by atoms with Crippen LogP contribution in [0.1, 0.15) is 46.6 Å². The van der Waals surface area contributed by atoms with Crippen molar-refractivity contribution in [2.24, 2.45) is 5.92 Å². The smallest absolute Gasteiger partial charge is 0.341 e. The molecule has 0 bridgehead atoms. The number of hydrogen-bond acceptors (Lipinski definition) is 6. The Bertz CT molecular complexity index is 1010. The van der Waals surface area contributed by atoms with Crippen LogP contribution in [0.5, 0.6) is 11.5 Å². The molecule has 1 atom stereocenters. The quantitative estimate of drug-likeness (QED) is 0.396. The lowest BCUT2D eigenvalue weighted by atomic mass is 9.88. The summed E-state index contributed by atoms with van der Waals surface area (Å²) in [5.41, 5.74) is 2.29. The largest absolute Gasteiger partial charge is 0.493 e. The number of methoxy groups -OCH3 is 2. The van der Waals surface area contributed by atoms with E-state index in [1.54, 1.807) is 33.3 Å². The van der Waals surface area contributed by atoms with Crippen LogP contribution < -0.4 is 14.8 Å². The average molecular weight is 508 g/mol. The molecule has 1 N–H and O–H groups in total. The van der Waals surface area contributed by atoms with E-state index in [1.165, 1.54) is 17.4 Å². The molecule has 1 aromatic heterocycles. The normalized spacial score (nSPS) is 15.5. The van der Waals surface area contributed by atoms with Gasteiger partial charge in [0.2, 0.25) is 5.91 Å². The highest BCUT2D eigenvalue weighted by atomic mass is 79.9. The molecule has 2 aromatic rings. The zero-order valence-electron chi connectivity index (χ0n) is 18.0. The number of thiophene rings is 1. The minimum atomic E-state index is -0.377. The van der Waals surface area contributed by atoms with Gasteiger partial charge in [0.25, 0.3) is 0 Å². The summed E-state index contributed by atoms with van der Waals surface area (Å²) in [5.74, 6) is 1.01. The van der Waals surface area contributed by atoms with Gasteiger partial charge in [-0.1, -0.05) is 6.92 Å². The fraction of sp³-hybridized carbons (Fsp3) is 0.391. The third-order valence-corrected chi connectivity index (χ3v) is 6.87. The van der Waals surface area contributed by atoms with E-state index in [2.05, 4.69) is 28.2 Å². The number of carbonyl (C=O) groups excluding carboxylic acids is 2. The number of nitrogens with one attached hydrogen (secondary N) is 1. The maximum Gasteiger partial charge on any atom is 0.341 e. The molecule has 1 unspecified atom stereocenters. The molecule has 1 aromatic carbocycles. The molecular formula is C23H26BrNO5S. The van der Waals surface area contributed by atoms with E-state index in [0.29, 0.717) is 34.6 Å². The molecule has 0 aliphatic heterocycles. The van der Waals surface area contributed by atoms with Crippen molar-refractivity contribution in [3.05, 3.63) is 44.2 Å². The molecule has 1 amide bonds. The lowest BCUT2D eigenvalue weighted by Crippen LogP contribution is -2.15. The summed E-state index contributed by atoms with van der Waals surface area (Å²) in [4.78, 5) is 26.4. The van der Waals surface area contributed by atoms with Gasteiger partial charge in [-0.3, -0.25) is 4.79 Å². The van der Waals surface area contributed by atoms with Crippen LogP contribution in [0.25, 0.3) is 6.08 Å². The highest BCUT2D eigenvalue weighted by Crippen LogP contribution is 2.40. The van der Waals surface area contributed by atoms with Gasteiger partial charge in [0.05, 0.1) is 30.9 Å². The van der Waals surface area contributed by atoms with Crippen molar-refractivity contribution in [2.45, 2.75) is 33.1 Å². The molecular weight excluding hydrogens is 482 g/mol. The topological polar surface area (TPSA) is 73.9 Å². The molecule has 0 fully saturated rings. The summed E-state index contributed by atoms with van der Waals surface area (Å²) in [6.07, 6.45) is 5.88. The summed E-state index contributed by atoms with van der Waals surface area (Å²) in [7, 11) is 3.12. The molecule has 31 heavy (non-hydrogen) atoms. The van der Waals surface area contributed by atoms with Crippen LogP contribution in [-0.2, 0) is 22.4 Å². The Balaban J connectivity index is 1.83. The molecule has 1 heterocycles. The second kappa shape index (κ2) is 10.3. The van der Waals surface area contributed by atoms with Crippen LogP contribution in [0.2, 0.25) is 0 Å². The van der Waals surface area contributed by atoms with Crippen LogP contribution in [0.15, 0.2) is 22.7 Å². The van der Waals surface area contributed by atoms with Gasteiger partial charge in [0, 0.05) is 11.0 Å². The monoisotopic (exact) mass is 507 g/mol. The minimum Gasteiger partial charge on any atom is -0.493 e. The Kier molecular flexibility index (Phi) is 7.78. The Morgan fingerprint density at radius 1 is 1.29 bits per heavy atom. The first-order valence-electron chi connectivity index (χ1n) is 10.1. The number of anilines is 1. The van der Waals surface area contributed by atoms with Crippen molar-refractivity contribution in [3.63, 3.8) is 0 Å². The van der Waals surface area contributed by atoms with Crippen molar-refractivity contribution < 1.29 is 23.8 Å². The Hall–Kier alpha value is -2.32. The van der Waals surface area contributed by atoms with Crippen molar-refractivity contribution in [2.75, 3.05) is 26.1 Å². The minimum absolute atomic E-state index is 0.293. The van der Waals surface area contributed by atoms with Crippen molar-refractivity contribution in [1.82, 2.24) is 0 Å². The summed E-state index contributed by atoms with van der Waals surface area (Å²) in [6.45, 7) is 4.28. The summed E-state index contributed by atoms with van der Waals surface area (Å²) in [6, 6.07) is 3.61. The molecule has 8 heteroatoms. The fourth-order valence-electron chi connectivity index (χ4n) is 3.62. The molecule has 166 valence electrons. The number of halogens is 1. The fourth-order valence-corrected chi connectivity index (χ4v) is 5.64. The van der Waals surface area contributed by atoms with Crippen molar-refractivity contribution in [3.8, 4) is 11.5 Å². The standard InChI is InChI=1S/C23H26BrNO5S/c1-5-30-23(27)20-15-8-6-13(2)10-18(15)31-22(20)25-19(26)9-7-14-11-16(24)21(29-4)17(12-14)28-3/h7,9,11-13H,5-6,8,10H2,1-4H3,(H,25,26). The first-order chi connectivity index (χ1) is 14.9. The van der Waals surface area contributed by atoms with E-state index < -0.39 is 0 Å². The Labute approximate surface area is 194 Å². The molecule has 6 nitrogen and oxygen atoms in total. The number of carbonyl (C=O) groups is 2. The van der Waals surface area contributed by atoms with Gasteiger partial charge < -0.3 is 19.5 Å². The van der Waals surface area contributed by atoms with Gasteiger partial charge in [0.15, 0.2) is 11.5 Å². The van der Waals surface area contributed by atoms with E-state index in [0.717, 1.165) is 39.7 Å². The number of fused-ring (bicyclic) bond motifs is 1. The van der Waals surface area contributed by atoms with Crippen LogP contribution in [-0.4, -0.2) is 32.7 Å². The number of ether oxygens (including phenoxy) is 3. The first-order valence-corrected chi connectivity index (χ1v) is 11.7. The van der Waals surface area contributed by atoms with Crippen molar-refractivity contribution in [1.29, 1.82) is 0 Å². The molecule has 1 aliphatic rings. The summed E-state index contributed by atoms with van der Waals surface area (Å²) in [5, 5.41) is 3.44. The Morgan fingerprint density at radius 2 is 2.06 bits per heavy atom. The zero-order chi connectivity index (χ0) is 22.5. The lowest BCUT2D eigenvalue weighted by molar-refractivity contribution is -0.111. The van der Waals surface area contributed by atoms with Crippen LogP contribution in [0.3, 0.4) is 0 Å². The van der Waals surface area contributed by atoms with E-state index in [-0.39, 0.29) is 11.9 Å². The van der Waals surface area contributed by atoms with Crippen molar-refractivity contribution >= 4 is 50.2 Å². The van der Waals surface area contributed by atoms with Gasteiger partial charge in [0.1, 0.15) is 5.00 Å². The SMILES string of the molecule is CCOC(=O)c1c(NC(=O)C=Cc2cc(Br)c(OC)c(OC)c2)sc2c1CCC(C)C2. The van der Waals surface area contributed by atoms with Gasteiger partial charge in [-0.2, -0.15) is 0 Å². The van der Waals surface area contributed by atoms with E-state index in [1.807, 2.05) is 6.07 Å². The summed E-state index contributed by atoms with van der Waals surface area (Å²) >= 11 is 4.92. The van der Waals surface area contributed by atoms with E-state index in [9.17, 15) is 9.59 Å². The maximum atomic E-state index is 12.6. The predicted molar refractivity (Wildman–Crippen MR) is 126 cm³/mol. The summed E-state index contributed by atoms with van der Waals surface area (Å²) < 4.78 is 16.6. The second-order valence-corrected chi connectivity index (χ2v) is 9.30. The maximum absolute atomic E-state index is 12.6. The molecule has 3 rings (SSSR count). The van der Waals surface area contributed by atoms with Gasteiger partial charge in [-0.25, -0.2) is 4.79 Å². The molecule has 0 saturated heterocycles. The van der Waals surface area contributed by atoms with E-state index >= 15 is 0 Å². The van der Waals surface area contributed by atoms with Gasteiger partial charge >= 0.3 is 5.97 Å². The molecule has 1 aliphatic carbocycles. The number of rotatable bonds is 7. The van der Waals surface area contributed by atoms with Gasteiger partial charge in [-0.05, 0) is 77.4 Å². The average Bonchev–Trinajstić information content (AvgIpc) is 3.08. The van der Waals surface area contributed by atoms with Crippen LogP contribution in [0.4, 0.5) is 5.00 Å². The zero-order valence-corrected chi connectivity index (χ0v) is 20.4. The third-order valence-electron chi connectivity index (χ3n) is 5.11. The molecule has 0 radical (unpaired) electrons. The highest BCUT2D eigenvalue weighted by Gasteiger charge is 2.28. The highest BCUT2D eigenvalue weighted by molar-refractivity contribution is 9.10. The molecule has 0 saturated carbocycles. The van der Waals surface area contributed by atoms with Crippen LogP contribution >= 0.6 is 27.3 Å². The first kappa shape index (κ1) is 23.3. The molecule has 0 spiro atoms. The van der Waals surface area contributed by atoms with Gasteiger partial charge in [-0.15, -0.1) is 11.3 Å². The second-order valence-electron chi connectivity index (χ2n) is 7.34. The number of amides is 1. The predicted octanol–water partition coefficient (Wildman–Crippen LogP) is 5.48. The number of hydrogen-bond donors (Lipinski definition) is 1. The van der Waals surface area contributed by atoms with Crippen LogP contribution in [0, 0.1) is 5.92 Å². The number of benzene rings is 1. The lowest BCUT2D eigenvalue weighted by Gasteiger charge is -2.18. The Morgan fingerprint density at radius 3 is 2.74 bits per heavy atom. The third kappa shape index (κ3) is 5.30. The number of esters is 1.